The van der Waals surface area contributed by atoms with E-state index in [4.69, 9.17) is 11.6 Å². The number of carbonyl (C=O) groups excluding carboxylic acids is 2. The molecule has 3 rings (SSSR count). The summed E-state index contributed by atoms with van der Waals surface area (Å²) in [5.41, 5.74) is 0.651. The first kappa shape index (κ1) is 20.9. The minimum Gasteiger partial charge on any atom is -0.468 e. The van der Waals surface area contributed by atoms with Crippen molar-refractivity contribution in [1.82, 2.24) is 9.88 Å². The van der Waals surface area contributed by atoms with Crippen molar-refractivity contribution < 1.29 is 27.5 Å². The van der Waals surface area contributed by atoms with Crippen molar-refractivity contribution in [2.24, 2.45) is 0 Å². The molecule has 1 saturated heterocycles. The number of nitrogens with zero attached hydrogens (tertiary/aromatic N) is 2. The first-order valence-electron chi connectivity index (χ1n) is 8.79. The van der Waals surface area contributed by atoms with Crippen molar-refractivity contribution in [2.75, 3.05) is 25.0 Å². The molecule has 1 aliphatic rings. The zero-order valence-electron chi connectivity index (χ0n) is 15.1. The summed E-state index contributed by atoms with van der Waals surface area (Å²) in [5.74, 6) is -1.05. The third-order valence-corrected chi connectivity index (χ3v) is 4.47. The molecule has 6 nitrogen and oxygen atoms in total. The molecule has 2 amide bonds. The maximum atomic E-state index is 12.7. The summed E-state index contributed by atoms with van der Waals surface area (Å²) in [6.07, 6.45) is -1.55. The molecule has 1 aromatic heterocycles. The van der Waals surface area contributed by atoms with E-state index in [0.717, 1.165) is 19.0 Å². The molecule has 0 saturated carbocycles. The molecular formula is C19H17ClF3N3O3. The number of ether oxygens (including phenoxy) is 1. The quantitative estimate of drug-likeness (QED) is 0.777. The number of benzene rings is 1. The smallest absolute Gasteiger partial charge is 0.422 e. The molecule has 1 fully saturated rings. The van der Waals surface area contributed by atoms with Crippen LogP contribution < -0.4 is 10.1 Å². The number of amides is 2. The molecule has 0 atom stereocenters. The van der Waals surface area contributed by atoms with Crippen molar-refractivity contribution in [1.29, 1.82) is 0 Å². The van der Waals surface area contributed by atoms with Crippen molar-refractivity contribution in [3.05, 3.63) is 52.7 Å². The predicted molar refractivity (Wildman–Crippen MR) is 100 cm³/mol. The van der Waals surface area contributed by atoms with Crippen molar-refractivity contribution in [3.63, 3.8) is 0 Å². The maximum absolute atomic E-state index is 12.7. The SMILES string of the molecule is O=C(Nc1ccc(Cl)cc1C(=O)N1CCCC1)c1ccc(OCC(F)(F)F)nc1. The average molecular weight is 428 g/mol. The second kappa shape index (κ2) is 8.69. The number of anilines is 1. The largest absolute Gasteiger partial charge is 0.468 e. The topological polar surface area (TPSA) is 71.5 Å². The third kappa shape index (κ3) is 5.60. The molecule has 29 heavy (non-hydrogen) atoms. The van der Waals surface area contributed by atoms with Crippen LogP contribution in [0.4, 0.5) is 18.9 Å². The predicted octanol–water partition coefficient (Wildman–Crippen LogP) is 4.16. The van der Waals surface area contributed by atoms with Crippen LogP contribution in [0.2, 0.25) is 5.02 Å². The normalized spacial score (nSPS) is 14.0. The second-order valence-electron chi connectivity index (χ2n) is 6.43. The Kier molecular flexibility index (Phi) is 6.26. The zero-order chi connectivity index (χ0) is 21.0. The summed E-state index contributed by atoms with van der Waals surface area (Å²) in [5, 5.41) is 2.99. The minimum absolute atomic E-state index is 0.0962. The summed E-state index contributed by atoms with van der Waals surface area (Å²) in [6, 6.07) is 7.01. The summed E-state index contributed by atoms with van der Waals surface area (Å²) in [4.78, 5) is 30.6. The van der Waals surface area contributed by atoms with Crippen LogP contribution in [-0.2, 0) is 0 Å². The van der Waals surface area contributed by atoms with Gasteiger partial charge in [-0.25, -0.2) is 4.98 Å². The molecule has 0 spiro atoms. The first-order valence-corrected chi connectivity index (χ1v) is 9.16. The van der Waals surface area contributed by atoms with Crippen LogP contribution in [0.3, 0.4) is 0 Å². The van der Waals surface area contributed by atoms with Crippen LogP contribution >= 0.6 is 11.6 Å². The van der Waals surface area contributed by atoms with Crippen molar-refractivity contribution in [2.45, 2.75) is 19.0 Å². The lowest BCUT2D eigenvalue weighted by molar-refractivity contribution is -0.154. The van der Waals surface area contributed by atoms with E-state index in [2.05, 4.69) is 15.0 Å². The van der Waals surface area contributed by atoms with Gasteiger partial charge in [0, 0.05) is 30.4 Å². The molecule has 2 aromatic rings. The fraction of sp³-hybridized carbons (Fsp3) is 0.316. The number of nitrogens with one attached hydrogen (secondary N) is 1. The molecule has 0 aliphatic carbocycles. The fourth-order valence-corrected chi connectivity index (χ4v) is 3.02. The van der Waals surface area contributed by atoms with E-state index in [1.165, 1.54) is 24.3 Å². The molecule has 0 unspecified atom stereocenters. The van der Waals surface area contributed by atoms with Crippen LogP contribution in [0, 0.1) is 0 Å². The van der Waals surface area contributed by atoms with Crippen LogP contribution in [0.25, 0.3) is 0 Å². The Hall–Kier alpha value is -2.81. The van der Waals surface area contributed by atoms with Gasteiger partial charge in [-0.2, -0.15) is 13.2 Å². The molecule has 1 N–H and O–H groups in total. The highest BCUT2D eigenvalue weighted by Crippen LogP contribution is 2.25. The Morgan fingerprint density at radius 1 is 1.17 bits per heavy atom. The Morgan fingerprint density at radius 3 is 2.52 bits per heavy atom. The number of likely N-dealkylation sites (tertiary alicyclic amines) is 1. The molecule has 1 aromatic carbocycles. The van der Waals surface area contributed by atoms with E-state index >= 15 is 0 Å². The van der Waals surface area contributed by atoms with Crippen molar-refractivity contribution in [3.8, 4) is 5.88 Å². The molecule has 1 aliphatic heterocycles. The van der Waals surface area contributed by atoms with Gasteiger partial charge in [0.15, 0.2) is 6.61 Å². The summed E-state index contributed by atoms with van der Waals surface area (Å²) in [7, 11) is 0. The first-order chi connectivity index (χ1) is 13.7. The Labute approximate surface area is 169 Å². The monoisotopic (exact) mass is 427 g/mol. The number of carbonyl (C=O) groups is 2. The van der Waals surface area contributed by atoms with Gasteiger partial charge in [-0.3, -0.25) is 9.59 Å². The summed E-state index contributed by atoms with van der Waals surface area (Å²) < 4.78 is 41.0. The number of aromatic nitrogens is 1. The van der Waals surface area contributed by atoms with Gasteiger partial charge in [0.2, 0.25) is 5.88 Å². The standard InChI is InChI=1S/C19H17ClF3N3O3/c20-13-4-5-15(14(9-13)18(28)26-7-1-2-8-26)25-17(27)12-3-6-16(24-10-12)29-11-19(21,22)23/h3-6,9-10H,1-2,7-8,11H2,(H,25,27). The molecule has 0 radical (unpaired) electrons. The zero-order valence-corrected chi connectivity index (χ0v) is 15.9. The Balaban J connectivity index is 1.72. The van der Waals surface area contributed by atoms with E-state index in [1.807, 2.05) is 0 Å². The lowest BCUT2D eigenvalue weighted by Crippen LogP contribution is -2.29. The Morgan fingerprint density at radius 2 is 1.90 bits per heavy atom. The third-order valence-electron chi connectivity index (χ3n) is 4.24. The maximum Gasteiger partial charge on any atom is 0.422 e. The van der Waals surface area contributed by atoms with E-state index in [9.17, 15) is 22.8 Å². The van der Waals surface area contributed by atoms with Crippen LogP contribution in [0.15, 0.2) is 36.5 Å². The van der Waals surface area contributed by atoms with Gasteiger partial charge in [0.05, 0.1) is 16.8 Å². The van der Waals surface area contributed by atoms with Gasteiger partial charge < -0.3 is 15.0 Å². The van der Waals surface area contributed by atoms with E-state index < -0.39 is 18.7 Å². The number of hydrogen-bond acceptors (Lipinski definition) is 4. The molecule has 0 bridgehead atoms. The molecule has 2 heterocycles. The number of halogens is 4. The van der Waals surface area contributed by atoms with E-state index in [-0.39, 0.29) is 28.6 Å². The number of alkyl halides is 3. The average Bonchev–Trinajstić information content (AvgIpc) is 3.22. The van der Waals surface area contributed by atoms with Gasteiger partial charge in [0.25, 0.3) is 11.8 Å². The summed E-state index contributed by atoms with van der Waals surface area (Å²) >= 11 is 6.01. The number of pyridine rings is 1. The summed E-state index contributed by atoms with van der Waals surface area (Å²) in [6.45, 7) is -0.192. The molecule has 10 heteroatoms. The van der Waals surface area contributed by atoms with Crippen LogP contribution in [0.5, 0.6) is 5.88 Å². The van der Waals surface area contributed by atoms with Gasteiger partial charge in [-0.05, 0) is 37.1 Å². The number of hydrogen-bond donors (Lipinski definition) is 1. The van der Waals surface area contributed by atoms with Gasteiger partial charge in [-0.15, -0.1) is 0 Å². The lowest BCUT2D eigenvalue weighted by Gasteiger charge is -2.18. The van der Waals surface area contributed by atoms with Crippen molar-refractivity contribution >= 4 is 29.1 Å². The molecular weight excluding hydrogens is 411 g/mol. The number of rotatable bonds is 5. The second-order valence-corrected chi connectivity index (χ2v) is 6.87. The van der Waals surface area contributed by atoms with E-state index in [1.54, 1.807) is 11.0 Å². The molecule has 154 valence electrons. The van der Waals surface area contributed by atoms with Crippen LogP contribution in [0.1, 0.15) is 33.6 Å². The van der Waals surface area contributed by atoms with Gasteiger partial charge >= 0.3 is 6.18 Å². The highest BCUT2D eigenvalue weighted by molar-refractivity contribution is 6.31. The lowest BCUT2D eigenvalue weighted by atomic mass is 10.1. The van der Waals surface area contributed by atoms with Gasteiger partial charge in [0.1, 0.15) is 0 Å². The Bertz CT molecular complexity index is 898. The van der Waals surface area contributed by atoms with Gasteiger partial charge in [-0.1, -0.05) is 11.6 Å². The highest BCUT2D eigenvalue weighted by Gasteiger charge is 2.28. The van der Waals surface area contributed by atoms with E-state index in [0.29, 0.717) is 18.1 Å². The highest BCUT2D eigenvalue weighted by atomic mass is 35.5. The van der Waals surface area contributed by atoms with Crippen LogP contribution in [-0.4, -0.2) is 47.6 Å². The minimum atomic E-state index is -4.48. The fourth-order valence-electron chi connectivity index (χ4n) is 2.84.